The second-order valence-electron chi connectivity index (χ2n) is 3.49. The Balaban J connectivity index is 2.21. The first-order valence-electron chi connectivity index (χ1n) is 4.88. The molecule has 3 N–H and O–H groups in total. The van der Waals surface area contributed by atoms with Crippen LogP contribution < -0.4 is 11.3 Å². The summed E-state index contributed by atoms with van der Waals surface area (Å²) in [5.74, 6) is 5.12. The molecule has 0 aliphatic rings. The van der Waals surface area contributed by atoms with Crippen LogP contribution in [0.3, 0.4) is 0 Å². The van der Waals surface area contributed by atoms with Crippen molar-refractivity contribution in [1.82, 2.24) is 14.2 Å². The minimum Gasteiger partial charge on any atom is -0.271 e. The molecule has 0 spiro atoms. The van der Waals surface area contributed by atoms with Crippen LogP contribution in [0.1, 0.15) is 17.3 Å². The number of nitrogens with zero attached hydrogens (tertiary/aromatic N) is 2. The van der Waals surface area contributed by atoms with Gasteiger partial charge in [-0.05, 0) is 30.2 Å². The summed E-state index contributed by atoms with van der Waals surface area (Å²) in [6.07, 6.45) is 1.98. The summed E-state index contributed by atoms with van der Waals surface area (Å²) in [5, 5.41) is 0.494. The molecule has 0 radical (unpaired) electrons. The maximum Gasteiger partial charge on any atom is 0.126 e. The van der Waals surface area contributed by atoms with Crippen LogP contribution in [0, 0.1) is 5.82 Å². The van der Waals surface area contributed by atoms with E-state index in [1.807, 2.05) is 0 Å². The summed E-state index contributed by atoms with van der Waals surface area (Å²) < 4.78 is 21.5. The standard InChI is InChI=1S/C10H10ClFN4S/c11-7-1-2-8(12)6(3-7)4-9(15-13)10-5-14-17-16-10/h1-3,5,9,15H,4,13H2. The molecule has 0 saturated carbocycles. The summed E-state index contributed by atoms with van der Waals surface area (Å²) in [6, 6.07) is 4.16. The third-order valence-electron chi connectivity index (χ3n) is 2.37. The van der Waals surface area contributed by atoms with Crippen LogP contribution in [0.5, 0.6) is 0 Å². The van der Waals surface area contributed by atoms with Crippen molar-refractivity contribution in [3.05, 3.63) is 46.5 Å². The number of nitrogens with two attached hydrogens (primary N) is 1. The molecule has 1 atom stereocenters. The normalized spacial score (nSPS) is 12.6. The molecule has 0 aliphatic carbocycles. The van der Waals surface area contributed by atoms with Crippen LogP contribution in [0.15, 0.2) is 24.4 Å². The highest BCUT2D eigenvalue weighted by Crippen LogP contribution is 2.21. The zero-order chi connectivity index (χ0) is 12.3. The average molecular weight is 273 g/mol. The van der Waals surface area contributed by atoms with Crippen LogP contribution in [0.2, 0.25) is 5.02 Å². The number of benzene rings is 1. The Morgan fingerprint density at radius 3 is 3.00 bits per heavy atom. The van der Waals surface area contributed by atoms with Crippen LogP contribution in [-0.4, -0.2) is 8.75 Å². The van der Waals surface area contributed by atoms with Crippen molar-refractivity contribution >= 4 is 23.3 Å². The quantitative estimate of drug-likeness (QED) is 0.661. The molecule has 1 heterocycles. The highest BCUT2D eigenvalue weighted by Gasteiger charge is 2.15. The number of nitrogens with one attached hydrogen (secondary N) is 1. The maximum atomic E-state index is 13.5. The largest absolute Gasteiger partial charge is 0.271 e. The second kappa shape index (κ2) is 5.50. The summed E-state index contributed by atoms with van der Waals surface area (Å²) in [4.78, 5) is 0. The Morgan fingerprint density at radius 2 is 2.35 bits per heavy atom. The molecule has 2 aromatic rings. The summed E-state index contributed by atoms with van der Waals surface area (Å²) >= 11 is 6.91. The Hall–Kier alpha value is -1.08. The molecule has 90 valence electrons. The van der Waals surface area contributed by atoms with Crippen molar-refractivity contribution in [2.45, 2.75) is 12.5 Å². The molecule has 1 aromatic heterocycles. The smallest absolute Gasteiger partial charge is 0.126 e. The lowest BCUT2D eigenvalue weighted by molar-refractivity contribution is 0.521. The molecule has 17 heavy (non-hydrogen) atoms. The van der Waals surface area contributed by atoms with E-state index >= 15 is 0 Å². The van der Waals surface area contributed by atoms with Gasteiger partial charge in [-0.2, -0.15) is 8.75 Å². The molecule has 1 unspecified atom stereocenters. The molecule has 4 nitrogen and oxygen atoms in total. The lowest BCUT2D eigenvalue weighted by atomic mass is 10.0. The molecule has 0 amide bonds. The number of halogens is 2. The van der Waals surface area contributed by atoms with Crippen LogP contribution in [0.25, 0.3) is 0 Å². The van der Waals surface area contributed by atoms with Crippen molar-refractivity contribution in [3.8, 4) is 0 Å². The van der Waals surface area contributed by atoms with E-state index in [2.05, 4.69) is 14.2 Å². The number of hydrogen-bond acceptors (Lipinski definition) is 5. The third-order valence-corrected chi connectivity index (χ3v) is 3.10. The summed E-state index contributed by atoms with van der Waals surface area (Å²) in [7, 11) is 0. The van der Waals surface area contributed by atoms with Gasteiger partial charge in [-0.1, -0.05) is 11.6 Å². The van der Waals surface area contributed by atoms with Gasteiger partial charge in [0.25, 0.3) is 0 Å². The zero-order valence-electron chi connectivity index (χ0n) is 8.73. The highest BCUT2D eigenvalue weighted by molar-refractivity contribution is 6.99. The second-order valence-corrected chi connectivity index (χ2v) is 4.48. The fourth-order valence-electron chi connectivity index (χ4n) is 1.49. The SMILES string of the molecule is NNC(Cc1cc(Cl)ccc1F)c1cnsn1. The average Bonchev–Trinajstić information content (AvgIpc) is 2.84. The van der Waals surface area contributed by atoms with Crippen LogP contribution in [0.4, 0.5) is 4.39 Å². The first kappa shape index (κ1) is 12.4. The molecule has 2 rings (SSSR count). The van der Waals surface area contributed by atoms with Crippen molar-refractivity contribution in [3.63, 3.8) is 0 Å². The molecular formula is C10H10ClFN4S. The van der Waals surface area contributed by atoms with E-state index in [1.54, 1.807) is 12.3 Å². The summed E-state index contributed by atoms with van der Waals surface area (Å²) in [5.41, 5.74) is 3.78. The van der Waals surface area contributed by atoms with Gasteiger partial charge >= 0.3 is 0 Å². The van der Waals surface area contributed by atoms with Gasteiger partial charge in [-0.15, -0.1) is 0 Å². The predicted molar refractivity (Wildman–Crippen MR) is 65.1 cm³/mol. The van der Waals surface area contributed by atoms with Gasteiger partial charge in [-0.3, -0.25) is 11.3 Å². The molecule has 1 aromatic carbocycles. The lowest BCUT2D eigenvalue weighted by Gasteiger charge is -2.13. The van der Waals surface area contributed by atoms with E-state index in [-0.39, 0.29) is 11.9 Å². The molecular weight excluding hydrogens is 263 g/mol. The number of aromatic nitrogens is 2. The first-order chi connectivity index (χ1) is 8.20. The molecule has 0 aliphatic heterocycles. The number of rotatable bonds is 4. The van der Waals surface area contributed by atoms with E-state index in [4.69, 9.17) is 17.4 Å². The fraction of sp³-hybridized carbons (Fsp3) is 0.200. The van der Waals surface area contributed by atoms with Gasteiger partial charge in [0.1, 0.15) is 5.82 Å². The zero-order valence-corrected chi connectivity index (χ0v) is 10.3. The van der Waals surface area contributed by atoms with Crippen LogP contribution in [-0.2, 0) is 6.42 Å². The summed E-state index contributed by atoms with van der Waals surface area (Å²) in [6.45, 7) is 0. The van der Waals surface area contributed by atoms with Gasteiger partial charge in [0.2, 0.25) is 0 Å². The van der Waals surface area contributed by atoms with E-state index in [0.717, 1.165) is 11.7 Å². The Labute approximate surface area is 107 Å². The monoisotopic (exact) mass is 272 g/mol. The predicted octanol–water partition coefficient (Wildman–Crippen LogP) is 2.08. The van der Waals surface area contributed by atoms with Crippen LogP contribution >= 0.6 is 23.3 Å². The molecule has 7 heteroatoms. The third kappa shape index (κ3) is 2.98. The Morgan fingerprint density at radius 1 is 1.53 bits per heavy atom. The first-order valence-corrected chi connectivity index (χ1v) is 5.99. The van der Waals surface area contributed by atoms with E-state index < -0.39 is 0 Å². The number of hydrogen-bond donors (Lipinski definition) is 2. The van der Waals surface area contributed by atoms with Crippen molar-refractivity contribution in [2.24, 2.45) is 5.84 Å². The minimum absolute atomic E-state index is 0.276. The fourth-order valence-corrected chi connectivity index (χ4v) is 2.16. The van der Waals surface area contributed by atoms with Crippen molar-refractivity contribution in [2.75, 3.05) is 0 Å². The van der Waals surface area contributed by atoms with Gasteiger partial charge < -0.3 is 0 Å². The molecule has 0 bridgehead atoms. The Kier molecular flexibility index (Phi) is 4.01. The number of hydrazine groups is 1. The van der Waals surface area contributed by atoms with Crippen molar-refractivity contribution < 1.29 is 4.39 Å². The van der Waals surface area contributed by atoms with Crippen molar-refractivity contribution in [1.29, 1.82) is 0 Å². The molecule has 0 saturated heterocycles. The van der Waals surface area contributed by atoms with Gasteiger partial charge in [0, 0.05) is 5.02 Å². The van der Waals surface area contributed by atoms with Gasteiger partial charge in [0.15, 0.2) is 0 Å². The van der Waals surface area contributed by atoms with Gasteiger partial charge in [0.05, 0.1) is 29.7 Å². The van der Waals surface area contributed by atoms with E-state index in [0.29, 0.717) is 22.7 Å². The molecule has 0 fully saturated rings. The minimum atomic E-state index is -0.308. The highest BCUT2D eigenvalue weighted by atomic mass is 35.5. The Bertz CT molecular complexity index is 491. The van der Waals surface area contributed by atoms with E-state index in [1.165, 1.54) is 12.1 Å². The lowest BCUT2D eigenvalue weighted by Crippen LogP contribution is -2.30. The maximum absolute atomic E-state index is 13.5. The van der Waals surface area contributed by atoms with E-state index in [9.17, 15) is 4.39 Å². The topological polar surface area (TPSA) is 63.8 Å². The van der Waals surface area contributed by atoms with Gasteiger partial charge in [-0.25, -0.2) is 4.39 Å².